The van der Waals surface area contributed by atoms with Crippen LogP contribution in [-0.2, 0) is 9.47 Å². The molecule has 0 spiro atoms. The SMILES string of the molecule is CO[C@@H]1COCC[C@@H]1O. The molecular weight excluding hydrogens is 120 g/mol. The summed E-state index contributed by atoms with van der Waals surface area (Å²) in [5.41, 5.74) is 0. The highest BCUT2D eigenvalue weighted by molar-refractivity contribution is 4.71. The fraction of sp³-hybridized carbons (Fsp3) is 1.00. The van der Waals surface area contributed by atoms with Crippen LogP contribution in [0.25, 0.3) is 0 Å². The van der Waals surface area contributed by atoms with Gasteiger partial charge >= 0.3 is 0 Å². The normalized spacial score (nSPS) is 36.7. The Morgan fingerprint density at radius 1 is 1.67 bits per heavy atom. The predicted molar refractivity (Wildman–Crippen MR) is 32.2 cm³/mol. The van der Waals surface area contributed by atoms with E-state index in [1.165, 1.54) is 0 Å². The van der Waals surface area contributed by atoms with Crippen molar-refractivity contribution >= 4 is 0 Å². The Morgan fingerprint density at radius 3 is 2.89 bits per heavy atom. The number of hydrogen-bond donors (Lipinski definition) is 1. The van der Waals surface area contributed by atoms with Crippen molar-refractivity contribution in [1.29, 1.82) is 0 Å². The molecule has 3 nitrogen and oxygen atoms in total. The molecule has 1 rings (SSSR count). The Bertz CT molecular complexity index is 84.4. The lowest BCUT2D eigenvalue weighted by Crippen LogP contribution is -2.37. The number of aliphatic hydroxyl groups excluding tert-OH is 1. The zero-order valence-electron chi connectivity index (χ0n) is 5.54. The minimum absolute atomic E-state index is 0.112. The molecule has 0 aromatic heterocycles. The van der Waals surface area contributed by atoms with Crippen LogP contribution in [0.4, 0.5) is 0 Å². The van der Waals surface area contributed by atoms with Gasteiger partial charge in [-0.1, -0.05) is 0 Å². The Hall–Kier alpha value is -0.120. The topological polar surface area (TPSA) is 38.7 Å². The summed E-state index contributed by atoms with van der Waals surface area (Å²) in [5.74, 6) is 0. The first-order chi connectivity index (χ1) is 4.34. The Morgan fingerprint density at radius 2 is 2.44 bits per heavy atom. The molecule has 1 saturated heterocycles. The monoisotopic (exact) mass is 132 g/mol. The van der Waals surface area contributed by atoms with Crippen LogP contribution in [0, 0.1) is 0 Å². The first-order valence-corrected chi connectivity index (χ1v) is 3.13. The average molecular weight is 132 g/mol. The van der Waals surface area contributed by atoms with E-state index < -0.39 is 0 Å². The van der Waals surface area contributed by atoms with E-state index in [0.717, 1.165) is 0 Å². The van der Waals surface area contributed by atoms with E-state index in [0.29, 0.717) is 19.6 Å². The van der Waals surface area contributed by atoms with E-state index >= 15 is 0 Å². The smallest absolute Gasteiger partial charge is 0.106 e. The summed E-state index contributed by atoms with van der Waals surface area (Å²) in [6, 6.07) is 0. The second kappa shape index (κ2) is 3.15. The summed E-state index contributed by atoms with van der Waals surface area (Å²) in [4.78, 5) is 0. The summed E-state index contributed by atoms with van der Waals surface area (Å²) < 4.78 is 9.99. The van der Waals surface area contributed by atoms with Crippen molar-refractivity contribution in [3.8, 4) is 0 Å². The van der Waals surface area contributed by atoms with E-state index in [1.54, 1.807) is 7.11 Å². The summed E-state index contributed by atoms with van der Waals surface area (Å²) in [6.07, 6.45) is 0.251. The molecule has 1 aliphatic rings. The van der Waals surface area contributed by atoms with Gasteiger partial charge < -0.3 is 14.6 Å². The van der Waals surface area contributed by atoms with Crippen molar-refractivity contribution in [2.45, 2.75) is 18.6 Å². The van der Waals surface area contributed by atoms with Crippen molar-refractivity contribution in [1.82, 2.24) is 0 Å². The maximum atomic E-state index is 9.16. The highest BCUT2D eigenvalue weighted by atomic mass is 16.5. The van der Waals surface area contributed by atoms with Crippen LogP contribution in [0.3, 0.4) is 0 Å². The number of aliphatic hydroxyl groups is 1. The molecule has 0 aromatic rings. The molecule has 1 N–H and O–H groups in total. The molecule has 1 fully saturated rings. The van der Waals surface area contributed by atoms with Gasteiger partial charge in [0.2, 0.25) is 0 Å². The van der Waals surface area contributed by atoms with Crippen LogP contribution in [0.15, 0.2) is 0 Å². The van der Waals surface area contributed by atoms with Gasteiger partial charge in [0.15, 0.2) is 0 Å². The Balaban J connectivity index is 2.30. The third-order valence-corrected chi connectivity index (χ3v) is 1.57. The number of methoxy groups -OCH3 is 1. The van der Waals surface area contributed by atoms with Crippen LogP contribution in [0.1, 0.15) is 6.42 Å². The van der Waals surface area contributed by atoms with Crippen molar-refractivity contribution in [2.24, 2.45) is 0 Å². The molecule has 3 heteroatoms. The molecule has 0 saturated carbocycles. The molecular formula is C6H12O3. The molecule has 0 bridgehead atoms. The molecule has 0 radical (unpaired) electrons. The lowest BCUT2D eigenvalue weighted by atomic mass is 10.1. The maximum Gasteiger partial charge on any atom is 0.106 e. The van der Waals surface area contributed by atoms with E-state index in [4.69, 9.17) is 14.6 Å². The van der Waals surface area contributed by atoms with Gasteiger partial charge in [-0.15, -0.1) is 0 Å². The second-order valence-corrected chi connectivity index (χ2v) is 2.21. The van der Waals surface area contributed by atoms with Gasteiger partial charge in [0, 0.05) is 13.7 Å². The van der Waals surface area contributed by atoms with Crippen LogP contribution in [0.5, 0.6) is 0 Å². The molecule has 9 heavy (non-hydrogen) atoms. The van der Waals surface area contributed by atoms with E-state index in [9.17, 15) is 0 Å². The molecule has 1 heterocycles. The fourth-order valence-corrected chi connectivity index (χ4v) is 0.926. The lowest BCUT2D eigenvalue weighted by molar-refractivity contribution is -0.102. The van der Waals surface area contributed by atoms with Gasteiger partial charge in [0.1, 0.15) is 6.10 Å². The molecule has 0 aromatic carbocycles. The third-order valence-electron chi connectivity index (χ3n) is 1.57. The summed E-state index contributed by atoms with van der Waals surface area (Å²) in [6.45, 7) is 1.18. The van der Waals surface area contributed by atoms with Crippen LogP contribution in [-0.4, -0.2) is 37.6 Å². The molecule has 2 atom stereocenters. The Kier molecular flexibility index (Phi) is 2.45. The second-order valence-electron chi connectivity index (χ2n) is 2.21. The summed E-state index contributed by atoms with van der Waals surface area (Å²) in [7, 11) is 1.59. The quantitative estimate of drug-likeness (QED) is 0.536. The van der Waals surface area contributed by atoms with E-state index in [-0.39, 0.29) is 12.2 Å². The first-order valence-electron chi connectivity index (χ1n) is 3.13. The molecule has 54 valence electrons. The van der Waals surface area contributed by atoms with Gasteiger partial charge in [0.25, 0.3) is 0 Å². The molecule has 1 aliphatic heterocycles. The standard InChI is InChI=1S/C6H12O3/c1-8-6-4-9-3-2-5(6)7/h5-7H,2-4H2,1H3/t5-,6+/m0/s1. The summed E-state index contributed by atoms with van der Waals surface area (Å²) >= 11 is 0. The largest absolute Gasteiger partial charge is 0.390 e. The van der Waals surface area contributed by atoms with Crippen LogP contribution < -0.4 is 0 Å². The minimum Gasteiger partial charge on any atom is -0.390 e. The van der Waals surface area contributed by atoms with Gasteiger partial charge in [0.05, 0.1) is 12.7 Å². The fourth-order valence-electron chi connectivity index (χ4n) is 0.926. The van der Waals surface area contributed by atoms with E-state index in [1.807, 2.05) is 0 Å². The minimum atomic E-state index is -0.330. The Labute approximate surface area is 54.6 Å². The highest BCUT2D eigenvalue weighted by Crippen LogP contribution is 2.09. The van der Waals surface area contributed by atoms with Crippen molar-refractivity contribution in [3.63, 3.8) is 0 Å². The van der Waals surface area contributed by atoms with Gasteiger partial charge in [-0.2, -0.15) is 0 Å². The molecule has 0 unspecified atom stereocenters. The van der Waals surface area contributed by atoms with Gasteiger partial charge in [-0.3, -0.25) is 0 Å². The first kappa shape index (κ1) is 6.99. The lowest BCUT2D eigenvalue weighted by Gasteiger charge is -2.25. The highest BCUT2D eigenvalue weighted by Gasteiger charge is 2.22. The van der Waals surface area contributed by atoms with E-state index in [2.05, 4.69) is 0 Å². The summed E-state index contributed by atoms with van der Waals surface area (Å²) in [5, 5.41) is 9.16. The third kappa shape index (κ3) is 1.64. The van der Waals surface area contributed by atoms with Crippen LogP contribution in [0.2, 0.25) is 0 Å². The molecule has 0 amide bonds. The van der Waals surface area contributed by atoms with Crippen LogP contribution >= 0.6 is 0 Å². The predicted octanol–water partition coefficient (Wildman–Crippen LogP) is -0.217. The van der Waals surface area contributed by atoms with Crippen molar-refractivity contribution < 1.29 is 14.6 Å². The number of hydrogen-bond acceptors (Lipinski definition) is 3. The van der Waals surface area contributed by atoms with Crippen molar-refractivity contribution in [2.75, 3.05) is 20.3 Å². The average Bonchev–Trinajstić information content (AvgIpc) is 1.89. The number of rotatable bonds is 1. The van der Waals surface area contributed by atoms with Gasteiger partial charge in [-0.25, -0.2) is 0 Å². The number of ether oxygens (including phenoxy) is 2. The maximum absolute atomic E-state index is 9.16. The zero-order valence-corrected chi connectivity index (χ0v) is 5.54. The zero-order chi connectivity index (χ0) is 6.69. The molecule has 0 aliphatic carbocycles. The van der Waals surface area contributed by atoms with Gasteiger partial charge in [-0.05, 0) is 6.42 Å². The van der Waals surface area contributed by atoms with Crippen molar-refractivity contribution in [3.05, 3.63) is 0 Å².